The van der Waals surface area contributed by atoms with E-state index in [-0.39, 0.29) is 0 Å². The number of aliphatic hydroxyl groups is 1. The smallest absolute Gasteiger partial charge is 0.104 e. The number of hydrogen-bond donors (Lipinski definition) is 2. The fraction of sp³-hybridized carbons (Fsp3) is 0.500. The molecule has 1 unspecified atom stereocenters. The number of halogens is 1. The average molecular weight is 176 g/mol. The van der Waals surface area contributed by atoms with E-state index < -0.39 is 6.23 Å². The van der Waals surface area contributed by atoms with Crippen molar-refractivity contribution in [2.45, 2.75) is 19.6 Å². The van der Waals surface area contributed by atoms with Crippen molar-refractivity contribution in [3.63, 3.8) is 0 Å². The van der Waals surface area contributed by atoms with Gasteiger partial charge in [0.1, 0.15) is 6.23 Å². The number of rotatable bonds is 5. The van der Waals surface area contributed by atoms with Crippen LogP contribution in [-0.4, -0.2) is 17.9 Å². The van der Waals surface area contributed by atoms with E-state index in [0.29, 0.717) is 18.0 Å². The van der Waals surface area contributed by atoms with Crippen LogP contribution in [-0.2, 0) is 0 Å². The molecule has 0 heterocycles. The summed E-state index contributed by atoms with van der Waals surface area (Å²) in [5.41, 5.74) is 0. The molecule has 1 atom stereocenters. The van der Waals surface area contributed by atoms with Gasteiger partial charge in [-0.15, -0.1) is 0 Å². The Morgan fingerprint density at radius 2 is 2.45 bits per heavy atom. The first-order chi connectivity index (χ1) is 5.20. The third-order valence-electron chi connectivity index (χ3n) is 1.23. The van der Waals surface area contributed by atoms with Gasteiger partial charge < -0.3 is 5.11 Å². The molecule has 3 heteroatoms. The summed E-state index contributed by atoms with van der Waals surface area (Å²) >= 11 is 5.61. The number of allylic oxidation sites excluding steroid dienone is 2. The average Bonchev–Trinajstić information content (AvgIpc) is 2.04. The summed E-state index contributed by atoms with van der Waals surface area (Å²) in [6.45, 7) is 5.96. The first-order valence-electron chi connectivity index (χ1n) is 3.60. The van der Waals surface area contributed by atoms with Gasteiger partial charge in [0.05, 0.1) is 0 Å². The molecule has 2 N–H and O–H groups in total. The quantitative estimate of drug-likeness (QED) is 0.492. The lowest BCUT2D eigenvalue weighted by Crippen LogP contribution is -2.27. The van der Waals surface area contributed by atoms with Crippen molar-refractivity contribution in [1.29, 1.82) is 0 Å². The van der Waals surface area contributed by atoms with Gasteiger partial charge >= 0.3 is 0 Å². The Hall–Kier alpha value is -0.310. The Kier molecular flexibility index (Phi) is 6.22. The number of aliphatic hydroxyl groups excluding tert-OH is 1. The van der Waals surface area contributed by atoms with Crippen molar-refractivity contribution in [2.24, 2.45) is 0 Å². The van der Waals surface area contributed by atoms with Crippen molar-refractivity contribution >= 4 is 11.6 Å². The molecule has 2 nitrogen and oxygen atoms in total. The summed E-state index contributed by atoms with van der Waals surface area (Å²) in [6.07, 6.45) is 3.56. The molecule has 0 radical (unpaired) electrons. The topological polar surface area (TPSA) is 32.3 Å². The maximum absolute atomic E-state index is 9.03. The maximum atomic E-state index is 9.03. The summed E-state index contributed by atoms with van der Waals surface area (Å²) in [5, 5.41) is 12.5. The molecule has 0 aliphatic rings. The van der Waals surface area contributed by atoms with Crippen molar-refractivity contribution in [3.8, 4) is 0 Å². The zero-order valence-corrected chi connectivity index (χ0v) is 7.43. The van der Waals surface area contributed by atoms with Crippen LogP contribution in [0.3, 0.4) is 0 Å². The van der Waals surface area contributed by atoms with Gasteiger partial charge in [0.15, 0.2) is 0 Å². The molecule has 0 rings (SSSR count). The third kappa shape index (κ3) is 6.10. The van der Waals surface area contributed by atoms with Crippen LogP contribution in [0.2, 0.25) is 0 Å². The molecule has 0 bridgehead atoms. The summed E-state index contributed by atoms with van der Waals surface area (Å²) < 4.78 is 0. The molecule has 0 saturated heterocycles. The Labute approximate surface area is 72.6 Å². The monoisotopic (exact) mass is 175 g/mol. The second-order valence-corrected chi connectivity index (χ2v) is 2.56. The molecular weight excluding hydrogens is 162 g/mol. The fourth-order valence-electron chi connectivity index (χ4n) is 0.520. The molecule has 0 aromatic carbocycles. The second-order valence-electron chi connectivity index (χ2n) is 2.13. The molecule has 11 heavy (non-hydrogen) atoms. The summed E-state index contributed by atoms with van der Waals surface area (Å²) in [7, 11) is 0. The standard InChI is InChI=1S/C8H14ClNO/c1-3-7(9)5-6-10-8(11)4-2/h3,5,8,10-11H,1,4,6H2,2H3. The Morgan fingerprint density at radius 1 is 1.82 bits per heavy atom. The zero-order valence-electron chi connectivity index (χ0n) is 6.68. The lowest BCUT2D eigenvalue weighted by atomic mass is 10.4. The first kappa shape index (κ1) is 10.7. The Bertz CT molecular complexity index is 145. The van der Waals surface area contributed by atoms with Crippen molar-refractivity contribution in [1.82, 2.24) is 5.32 Å². The lowest BCUT2D eigenvalue weighted by Gasteiger charge is -2.06. The van der Waals surface area contributed by atoms with Crippen LogP contribution in [0.15, 0.2) is 23.8 Å². The number of hydrogen-bond acceptors (Lipinski definition) is 2. The van der Waals surface area contributed by atoms with Crippen LogP contribution >= 0.6 is 11.6 Å². The zero-order chi connectivity index (χ0) is 8.69. The summed E-state index contributed by atoms with van der Waals surface area (Å²) in [6, 6.07) is 0. The largest absolute Gasteiger partial charge is 0.379 e. The predicted molar refractivity (Wildman–Crippen MR) is 48.4 cm³/mol. The van der Waals surface area contributed by atoms with E-state index in [4.69, 9.17) is 16.7 Å². The molecule has 0 aliphatic carbocycles. The summed E-state index contributed by atoms with van der Waals surface area (Å²) in [5.74, 6) is 0. The molecule has 0 amide bonds. The van der Waals surface area contributed by atoms with E-state index in [9.17, 15) is 0 Å². The van der Waals surface area contributed by atoms with Crippen LogP contribution < -0.4 is 5.32 Å². The first-order valence-corrected chi connectivity index (χ1v) is 3.98. The highest BCUT2D eigenvalue weighted by molar-refractivity contribution is 6.31. The van der Waals surface area contributed by atoms with Crippen LogP contribution in [0.5, 0.6) is 0 Å². The minimum absolute atomic E-state index is 0.444. The van der Waals surface area contributed by atoms with E-state index in [1.54, 1.807) is 12.2 Å². The van der Waals surface area contributed by atoms with Crippen molar-refractivity contribution < 1.29 is 5.11 Å². The highest BCUT2D eigenvalue weighted by atomic mass is 35.5. The van der Waals surface area contributed by atoms with Gasteiger partial charge in [-0.05, 0) is 6.42 Å². The van der Waals surface area contributed by atoms with Gasteiger partial charge in [-0.25, -0.2) is 0 Å². The van der Waals surface area contributed by atoms with E-state index in [1.165, 1.54) is 0 Å². The summed E-state index contributed by atoms with van der Waals surface area (Å²) in [4.78, 5) is 0. The van der Waals surface area contributed by atoms with Crippen LogP contribution in [0.4, 0.5) is 0 Å². The Balaban J connectivity index is 3.47. The van der Waals surface area contributed by atoms with Gasteiger partial charge in [-0.3, -0.25) is 5.32 Å². The van der Waals surface area contributed by atoms with Crippen LogP contribution in [0.25, 0.3) is 0 Å². The van der Waals surface area contributed by atoms with E-state index in [2.05, 4.69) is 11.9 Å². The van der Waals surface area contributed by atoms with Gasteiger partial charge in [0, 0.05) is 11.6 Å². The molecule has 0 saturated carbocycles. The molecular formula is C8H14ClNO. The van der Waals surface area contributed by atoms with E-state index in [0.717, 1.165) is 0 Å². The molecule has 0 aromatic heterocycles. The van der Waals surface area contributed by atoms with Crippen LogP contribution in [0, 0.1) is 0 Å². The third-order valence-corrected chi connectivity index (χ3v) is 1.54. The van der Waals surface area contributed by atoms with Gasteiger partial charge in [0.25, 0.3) is 0 Å². The van der Waals surface area contributed by atoms with Crippen molar-refractivity contribution in [2.75, 3.05) is 6.54 Å². The lowest BCUT2D eigenvalue weighted by molar-refractivity contribution is 0.138. The SMILES string of the molecule is C=CC(Cl)=CCNC(O)CC. The number of nitrogens with one attached hydrogen (secondary N) is 1. The van der Waals surface area contributed by atoms with E-state index in [1.807, 2.05) is 6.92 Å². The Morgan fingerprint density at radius 3 is 2.91 bits per heavy atom. The molecule has 0 fully saturated rings. The van der Waals surface area contributed by atoms with Gasteiger partial charge in [-0.2, -0.15) is 0 Å². The van der Waals surface area contributed by atoms with Gasteiger partial charge in [-0.1, -0.05) is 37.3 Å². The minimum atomic E-state index is -0.444. The minimum Gasteiger partial charge on any atom is -0.379 e. The van der Waals surface area contributed by atoms with E-state index >= 15 is 0 Å². The molecule has 0 aromatic rings. The predicted octanol–water partition coefficient (Wildman–Crippen LogP) is 1.61. The molecule has 0 spiro atoms. The van der Waals surface area contributed by atoms with Gasteiger partial charge in [0.2, 0.25) is 0 Å². The van der Waals surface area contributed by atoms with Crippen molar-refractivity contribution in [3.05, 3.63) is 23.8 Å². The van der Waals surface area contributed by atoms with Crippen LogP contribution in [0.1, 0.15) is 13.3 Å². The molecule has 0 aliphatic heterocycles. The fourth-order valence-corrected chi connectivity index (χ4v) is 0.597. The molecule has 64 valence electrons. The highest BCUT2D eigenvalue weighted by Crippen LogP contribution is 1.99. The highest BCUT2D eigenvalue weighted by Gasteiger charge is 1.94. The maximum Gasteiger partial charge on any atom is 0.104 e. The normalized spacial score (nSPS) is 14.6. The second kappa shape index (κ2) is 6.40.